The van der Waals surface area contributed by atoms with Gasteiger partial charge in [-0.15, -0.1) is 0 Å². The van der Waals surface area contributed by atoms with Crippen molar-refractivity contribution < 1.29 is 18.6 Å². The van der Waals surface area contributed by atoms with E-state index in [1.54, 1.807) is 0 Å². The molecule has 0 spiro atoms. The van der Waals surface area contributed by atoms with Crippen LogP contribution in [0.15, 0.2) is 22.7 Å². The molecule has 0 amide bonds. The summed E-state index contributed by atoms with van der Waals surface area (Å²) in [6, 6.07) is 5.57. The number of halogens is 3. The van der Waals surface area contributed by atoms with Gasteiger partial charge in [-0.25, -0.2) is 8.78 Å². The number of benzene rings is 1. The molecule has 3 nitrogen and oxygen atoms in total. The molecule has 0 aliphatic heterocycles. The second-order valence-electron chi connectivity index (χ2n) is 4.13. The van der Waals surface area contributed by atoms with Crippen LogP contribution < -0.4 is 10.1 Å². The van der Waals surface area contributed by atoms with E-state index in [0.717, 1.165) is 22.2 Å². The van der Waals surface area contributed by atoms with Crippen molar-refractivity contribution in [2.24, 2.45) is 0 Å². The SMILES string of the molecule is CCCOc1ccc(Br)cc1CNCC(O)C(F)F. The number of aliphatic hydroxyl groups is 1. The van der Waals surface area contributed by atoms with Gasteiger partial charge in [-0.1, -0.05) is 22.9 Å². The minimum atomic E-state index is -2.73. The monoisotopic (exact) mass is 337 g/mol. The molecule has 108 valence electrons. The van der Waals surface area contributed by atoms with Crippen molar-refractivity contribution >= 4 is 15.9 Å². The van der Waals surface area contributed by atoms with Crippen LogP contribution in [0, 0.1) is 0 Å². The average Bonchev–Trinajstić information content (AvgIpc) is 2.37. The largest absolute Gasteiger partial charge is 0.493 e. The van der Waals surface area contributed by atoms with Crippen LogP contribution >= 0.6 is 15.9 Å². The fourth-order valence-corrected chi connectivity index (χ4v) is 1.89. The lowest BCUT2D eigenvalue weighted by molar-refractivity contribution is -0.00342. The molecule has 0 saturated carbocycles. The van der Waals surface area contributed by atoms with Crippen LogP contribution in [0.3, 0.4) is 0 Å². The van der Waals surface area contributed by atoms with Gasteiger partial charge in [0, 0.05) is 23.1 Å². The highest BCUT2D eigenvalue weighted by atomic mass is 79.9. The predicted octanol–water partition coefficient (Wildman–Crippen LogP) is 2.95. The molecule has 0 radical (unpaired) electrons. The molecular formula is C13H18BrF2NO2. The first-order valence-corrected chi connectivity index (χ1v) is 6.92. The Bertz CT molecular complexity index is 391. The van der Waals surface area contributed by atoms with Gasteiger partial charge < -0.3 is 15.2 Å². The highest BCUT2D eigenvalue weighted by Gasteiger charge is 2.16. The molecule has 0 aromatic heterocycles. The van der Waals surface area contributed by atoms with E-state index in [9.17, 15) is 8.78 Å². The molecule has 19 heavy (non-hydrogen) atoms. The number of aliphatic hydroxyl groups excluding tert-OH is 1. The molecule has 6 heteroatoms. The Morgan fingerprint density at radius 2 is 2.16 bits per heavy atom. The van der Waals surface area contributed by atoms with E-state index in [4.69, 9.17) is 9.84 Å². The van der Waals surface area contributed by atoms with E-state index in [0.29, 0.717) is 13.2 Å². The summed E-state index contributed by atoms with van der Waals surface area (Å²) in [5, 5.41) is 11.8. The molecule has 1 rings (SSSR count). The molecule has 0 bridgehead atoms. The van der Waals surface area contributed by atoms with Crippen LogP contribution in [0.4, 0.5) is 8.78 Å². The van der Waals surface area contributed by atoms with Crippen LogP contribution in [-0.2, 0) is 6.54 Å². The molecule has 1 aromatic carbocycles. The van der Waals surface area contributed by atoms with Gasteiger partial charge >= 0.3 is 0 Å². The van der Waals surface area contributed by atoms with Crippen molar-refractivity contribution in [2.45, 2.75) is 32.4 Å². The summed E-state index contributed by atoms with van der Waals surface area (Å²) in [5.74, 6) is 0.726. The summed E-state index contributed by atoms with van der Waals surface area (Å²) in [6.45, 7) is 2.82. The Hall–Kier alpha value is -0.720. The highest BCUT2D eigenvalue weighted by Crippen LogP contribution is 2.23. The maximum absolute atomic E-state index is 12.1. The first-order valence-electron chi connectivity index (χ1n) is 6.12. The molecule has 2 N–H and O–H groups in total. The summed E-state index contributed by atoms with van der Waals surface area (Å²) in [5.41, 5.74) is 0.865. The number of rotatable bonds is 8. The summed E-state index contributed by atoms with van der Waals surface area (Å²) in [7, 11) is 0. The molecule has 0 saturated heterocycles. The Labute approximate surface area is 120 Å². The Morgan fingerprint density at radius 3 is 2.79 bits per heavy atom. The van der Waals surface area contributed by atoms with Crippen LogP contribution in [0.25, 0.3) is 0 Å². The maximum Gasteiger partial charge on any atom is 0.265 e. The van der Waals surface area contributed by atoms with Gasteiger partial charge in [0.15, 0.2) is 0 Å². The number of hydrogen-bond acceptors (Lipinski definition) is 3. The lowest BCUT2D eigenvalue weighted by atomic mass is 10.2. The van der Waals surface area contributed by atoms with Crippen LogP contribution in [0.2, 0.25) is 0 Å². The Balaban J connectivity index is 2.57. The lowest BCUT2D eigenvalue weighted by Gasteiger charge is -2.14. The third-order valence-corrected chi connectivity index (χ3v) is 2.94. The second kappa shape index (κ2) is 8.45. The van der Waals surface area contributed by atoms with Gasteiger partial charge in [0.2, 0.25) is 0 Å². The first kappa shape index (κ1) is 16.3. The number of alkyl halides is 2. The van der Waals surface area contributed by atoms with Crippen molar-refractivity contribution in [3.8, 4) is 5.75 Å². The summed E-state index contributed by atoms with van der Waals surface area (Å²) in [6.07, 6.45) is -3.48. The normalized spacial score (nSPS) is 12.7. The zero-order valence-electron chi connectivity index (χ0n) is 10.7. The van der Waals surface area contributed by atoms with Crippen molar-refractivity contribution in [1.29, 1.82) is 0 Å². The molecule has 0 aliphatic rings. The zero-order chi connectivity index (χ0) is 14.3. The third-order valence-electron chi connectivity index (χ3n) is 2.44. The average molecular weight is 338 g/mol. The maximum atomic E-state index is 12.1. The van der Waals surface area contributed by atoms with Crippen molar-refractivity contribution in [3.05, 3.63) is 28.2 Å². The Morgan fingerprint density at radius 1 is 1.42 bits per heavy atom. The van der Waals surface area contributed by atoms with E-state index >= 15 is 0 Å². The standard InChI is InChI=1S/C13H18BrF2NO2/c1-2-5-19-12-4-3-10(14)6-9(12)7-17-8-11(18)13(15)16/h3-4,6,11,13,17-18H,2,5,7-8H2,1H3. The topological polar surface area (TPSA) is 41.5 Å². The van der Waals surface area contributed by atoms with Crippen LogP contribution in [0.1, 0.15) is 18.9 Å². The summed E-state index contributed by atoms with van der Waals surface area (Å²) < 4.78 is 30.7. The second-order valence-corrected chi connectivity index (χ2v) is 5.05. The van der Waals surface area contributed by atoms with Gasteiger partial charge in [0.1, 0.15) is 11.9 Å². The van der Waals surface area contributed by atoms with Gasteiger partial charge in [0.05, 0.1) is 6.61 Å². The van der Waals surface area contributed by atoms with Crippen molar-refractivity contribution in [2.75, 3.05) is 13.2 Å². The smallest absolute Gasteiger partial charge is 0.265 e. The zero-order valence-corrected chi connectivity index (χ0v) is 12.3. The van der Waals surface area contributed by atoms with Gasteiger partial charge in [-0.2, -0.15) is 0 Å². The molecular weight excluding hydrogens is 320 g/mol. The Kier molecular flexibility index (Phi) is 7.27. The summed E-state index contributed by atoms with van der Waals surface area (Å²) in [4.78, 5) is 0. The highest BCUT2D eigenvalue weighted by molar-refractivity contribution is 9.10. The van der Waals surface area contributed by atoms with Gasteiger partial charge in [0.25, 0.3) is 6.43 Å². The fraction of sp³-hybridized carbons (Fsp3) is 0.538. The quantitative estimate of drug-likeness (QED) is 0.766. The third kappa shape index (κ3) is 5.84. The van der Waals surface area contributed by atoms with E-state index in [1.807, 2.05) is 25.1 Å². The minimum absolute atomic E-state index is 0.155. The van der Waals surface area contributed by atoms with E-state index in [2.05, 4.69) is 21.2 Å². The number of hydrogen-bond donors (Lipinski definition) is 2. The van der Waals surface area contributed by atoms with Crippen LogP contribution in [-0.4, -0.2) is 30.8 Å². The molecule has 0 aliphatic carbocycles. The molecule has 0 heterocycles. The predicted molar refractivity (Wildman–Crippen MR) is 73.6 cm³/mol. The summed E-state index contributed by atoms with van der Waals surface area (Å²) >= 11 is 3.36. The van der Waals surface area contributed by atoms with E-state index in [1.165, 1.54) is 0 Å². The number of ether oxygens (including phenoxy) is 1. The molecule has 0 fully saturated rings. The number of nitrogens with one attached hydrogen (secondary N) is 1. The molecule has 1 atom stereocenters. The van der Waals surface area contributed by atoms with Gasteiger partial charge in [-0.05, 0) is 24.6 Å². The van der Waals surface area contributed by atoms with E-state index in [-0.39, 0.29) is 6.54 Å². The van der Waals surface area contributed by atoms with Crippen molar-refractivity contribution in [3.63, 3.8) is 0 Å². The van der Waals surface area contributed by atoms with E-state index < -0.39 is 12.5 Å². The first-order chi connectivity index (χ1) is 9.04. The molecule has 1 unspecified atom stereocenters. The minimum Gasteiger partial charge on any atom is -0.493 e. The fourth-order valence-electron chi connectivity index (χ4n) is 1.48. The van der Waals surface area contributed by atoms with Crippen LogP contribution in [0.5, 0.6) is 5.75 Å². The van der Waals surface area contributed by atoms with Crippen molar-refractivity contribution in [1.82, 2.24) is 5.32 Å². The molecule has 1 aromatic rings. The lowest BCUT2D eigenvalue weighted by Crippen LogP contribution is -2.31. The van der Waals surface area contributed by atoms with Gasteiger partial charge in [-0.3, -0.25) is 0 Å².